The highest BCUT2D eigenvalue weighted by Crippen LogP contribution is 2.30. The molecule has 0 aliphatic carbocycles. The number of hydrogen-bond acceptors (Lipinski definition) is 5. The Labute approximate surface area is 171 Å². The number of nitrogens with one attached hydrogen (secondary N) is 1. The average Bonchev–Trinajstić information content (AvgIpc) is 3.17. The van der Waals surface area contributed by atoms with Gasteiger partial charge in [-0.05, 0) is 60.7 Å². The number of aromatic nitrogens is 1. The van der Waals surface area contributed by atoms with E-state index in [1.54, 1.807) is 18.4 Å². The number of benzene rings is 3. The monoisotopic (exact) mass is 406 g/mol. The quantitative estimate of drug-likeness (QED) is 0.417. The van der Waals surface area contributed by atoms with Gasteiger partial charge in [0, 0.05) is 16.1 Å². The number of para-hydroxylation sites is 1. The number of ether oxygens (including phenoxy) is 1. The predicted octanol–water partition coefficient (Wildman–Crippen LogP) is 5.70. The average molecular weight is 407 g/mol. The standard InChI is InChI=1S/C22H18N2O2S2/c1-26-17-10-12-18(13-11-17)27-14-21(25)23-16-8-6-15(7-9-16)22-24-19-4-2-3-5-20(19)28-22/h2-13H,14H2,1H3,(H,23,25). The molecule has 0 atom stereocenters. The van der Waals surface area contributed by atoms with Gasteiger partial charge in [-0.1, -0.05) is 12.1 Å². The van der Waals surface area contributed by atoms with Crippen molar-refractivity contribution in [2.75, 3.05) is 18.2 Å². The van der Waals surface area contributed by atoms with Gasteiger partial charge in [0.25, 0.3) is 0 Å². The number of methoxy groups -OCH3 is 1. The molecule has 4 aromatic rings. The second-order valence-corrected chi connectivity index (χ2v) is 8.16. The van der Waals surface area contributed by atoms with Crippen LogP contribution in [0, 0.1) is 0 Å². The number of carbonyl (C=O) groups excluding carboxylic acids is 1. The number of thioether (sulfide) groups is 1. The molecule has 0 aliphatic heterocycles. The molecule has 0 spiro atoms. The Morgan fingerprint density at radius 1 is 1.04 bits per heavy atom. The summed E-state index contributed by atoms with van der Waals surface area (Å²) < 4.78 is 6.31. The summed E-state index contributed by atoms with van der Waals surface area (Å²) in [5.74, 6) is 1.13. The Morgan fingerprint density at radius 3 is 2.50 bits per heavy atom. The zero-order valence-corrected chi connectivity index (χ0v) is 16.8. The third kappa shape index (κ3) is 4.35. The maximum Gasteiger partial charge on any atom is 0.234 e. The van der Waals surface area contributed by atoms with Crippen molar-refractivity contribution in [2.24, 2.45) is 0 Å². The van der Waals surface area contributed by atoms with Crippen LogP contribution in [0.1, 0.15) is 0 Å². The Bertz CT molecular complexity index is 1060. The highest BCUT2D eigenvalue weighted by molar-refractivity contribution is 8.00. The van der Waals surface area contributed by atoms with Crippen LogP contribution in [-0.4, -0.2) is 23.8 Å². The van der Waals surface area contributed by atoms with Crippen molar-refractivity contribution in [3.63, 3.8) is 0 Å². The molecule has 0 saturated carbocycles. The Kier molecular flexibility index (Phi) is 5.60. The fourth-order valence-corrected chi connectivity index (χ4v) is 4.38. The lowest BCUT2D eigenvalue weighted by Gasteiger charge is -2.06. The molecule has 1 N–H and O–H groups in total. The summed E-state index contributed by atoms with van der Waals surface area (Å²) >= 11 is 3.16. The number of anilines is 1. The fraction of sp³-hybridized carbons (Fsp3) is 0.0909. The highest BCUT2D eigenvalue weighted by atomic mass is 32.2. The van der Waals surface area contributed by atoms with Gasteiger partial charge in [-0.25, -0.2) is 4.98 Å². The molecule has 0 unspecified atom stereocenters. The minimum absolute atomic E-state index is 0.0337. The summed E-state index contributed by atoms with van der Waals surface area (Å²) in [6.07, 6.45) is 0. The van der Waals surface area contributed by atoms with Crippen LogP contribution >= 0.6 is 23.1 Å². The van der Waals surface area contributed by atoms with Crippen LogP contribution < -0.4 is 10.1 Å². The van der Waals surface area contributed by atoms with Gasteiger partial charge in [-0.3, -0.25) is 4.79 Å². The lowest BCUT2D eigenvalue weighted by Crippen LogP contribution is -2.13. The second kappa shape index (κ2) is 8.46. The molecule has 28 heavy (non-hydrogen) atoms. The fourth-order valence-electron chi connectivity index (χ4n) is 2.71. The van der Waals surface area contributed by atoms with E-state index in [1.807, 2.05) is 66.7 Å². The van der Waals surface area contributed by atoms with E-state index < -0.39 is 0 Å². The molecule has 1 aromatic heterocycles. The number of carbonyl (C=O) groups is 1. The molecule has 0 saturated heterocycles. The lowest BCUT2D eigenvalue weighted by atomic mass is 10.2. The molecule has 6 heteroatoms. The van der Waals surface area contributed by atoms with E-state index in [1.165, 1.54) is 16.5 Å². The van der Waals surface area contributed by atoms with Gasteiger partial charge >= 0.3 is 0 Å². The molecule has 140 valence electrons. The predicted molar refractivity (Wildman–Crippen MR) is 117 cm³/mol. The van der Waals surface area contributed by atoms with Crippen molar-refractivity contribution in [3.8, 4) is 16.3 Å². The van der Waals surface area contributed by atoms with Crippen LogP contribution in [0.5, 0.6) is 5.75 Å². The summed E-state index contributed by atoms with van der Waals surface area (Å²) in [7, 11) is 1.64. The molecular formula is C22H18N2O2S2. The molecule has 0 radical (unpaired) electrons. The highest BCUT2D eigenvalue weighted by Gasteiger charge is 2.07. The van der Waals surface area contributed by atoms with E-state index in [-0.39, 0.29) is 5.91 Å². The number of thiazole rings is 1. The van der Waals surface area contributed by atoms with Gasteiger partial charge in [-0.2, -0.15) is 0 Å². The first-order valence-corrected chi connectivity index (χ1v) is 10.5. The number of hydrogen-bond donors (Lipinski definition) is 1. The van der Waals surface area contributed by atoms with Gasteiger partial charge in [0.05, 0.1) is 23.1 Å². The summed E-state index contributed by atoms with van der Waals surface area (Å²) in [6, 6.07) is 23.6. The van der Waals surface area contributed by atoms with E-state index in [2.05, 4.69) is 16.4 Å². The first-order valence-electron chi connectivity index (χ1n) is 8.74. The molecule has 4 rings (SSSR count). The summed E-state index contributed by atoms with van der Waals surface area (Å²) in [4.78, 5) is 17.9. The van der Waals surface area contributed by atoms with Gasteiger partial charge in [0.1, 0.15) is 10.8 Å². The topological polar surface area (TPSA) is 51.2 Å². The van der Waals surface area contributed by atoms with Crippen molar-refractivity contribution >= 4 is 44.9 Å². The second-order valence-electron chi connectivity index (χ2n) is 6.08. The van der Waals surface area contributed by atoms with Crippen molar-refractivity contribution in [3.05, 3.63) is 72.8 Å². The van der Waals surface area contributed by atoms with Gasteiger partial charge in [0.15, 0.2) is 0 Å². The minimum Gasteiger partial charge on any atom is -0.497 e. The number of nitrogens with zero attached hydrogens (tertiary/aromatic N) is 1. The molecule has 0 fully saturated rings. The van der Waals surface area contributed by atoms with Crippen molar-refractivity contribution in [1.29, 1.82) is 0 Å². The van der Waals surface area contributed by atoms with Crippen molar-refractivity contribution in [1.82, 2.24) is 4.98 Å². The van der Waals surface area contributed by atoms with Gasteiger partial charge < -0.3 is 10.1 Å². The minimum atomic E-state index is -0.0337. The van der Waals surface area contributed by atoms with E-state index in [0.717, 1.165) is 32.4 Å². The molecule has 0 bridgehead atoms. The first kappa shape index (κ1) is 18.5. The van der Waals surface area contributed by atoms with E-state index in [4.69, 9.17) is 4.74 Å². The largest absolute Gasteiger partial charge is 0.497 e. The number of fused-ring (bicyclic) bond motifs is 1. The molecule has 4 nitrogen and oxygen atoms in total. The van der Waals surface area contributed by atoms with Crippen molar-refractivity contribution in [2.45, 2.75) is 4.90 Å². The number of amides is 1. The molecule has 1 amide bonds. The Balaban J connectivity index is 1.36. The molecular weight excluding hydrogens is 388 g/mol. The third-order valence-corrected chi connectivity index (χ3v) is 6.24. The molecule has 1 heterocycles. The Hall–Kier alpha value is -2.83. The summed E-state index contributed by atoms with van der Waals surface area (Å²) in [5, 5.41) is 3.92. The van der Waals surface area contributed by atoms with Gasteiger partial charge in [-0.15, -0.1) is 23.1 Å². The zero-order chi connectivity index (χ0) is 19.3. The van der Waals surface area contributed by atoms with Crippen LogP contribution in [0.15, 0.2) is 77.7 Å². The van der Waals surface area contributed by atoms with Crippen LogP contribution in [0.25, 0.3) is 20.8 Å². The van der Waals surface area contributed by atoms with Crippen LogP contribution in [-0.2, 0) is 4.79 Å². The summed E-state index contributed by atoms with van der Waals surface area (Å²) in [5.41, 5.74) is 2.84. The maximum atomic E-state index is 12.2. The summed E-state index contributed by atoms with van der Waals surface area (Å²) in [6.45, 7) is 0. The smallest absolute Gasteiger partial charge is 0.234 e. The normalized spacial score (nSPS) is 10.8. The van der Waals surface area contributed by atoms with Crippen LogP contribution in [0.3, 0.4) is 0 Å². The Morgan fingerprint density at radius 2 is 1.79 bits per heavy atom. The van der Waals surface area contributed by atoms with Crippen LogP contribution in [0.2, 0.25) is 0 Å². The SMILES string of the molecule is COc1ccc(SCC(=O)Nc2ccc(-c3nc4ccccc4s3)cc2)cc1. The molecule has 3 aromatic carbocycles. The van der Waals surface area contributed by atoms with Crippen LogP contribution in [0.4, 0.5) is 5.69 Å². The first-order chi connectivity index (χ1) is 13.7. The van der Waals surface area contributed by atoms with E-state index in [0.29, 0.717) is 5.75 Å². The zero-order valence-electron chi connectivity index (χ0n) is 15.2. The van der Waals surface area contributed by atoms with Crippen molar-refractivity contribution < 1.29 is 9.53 Å². The lowest BCUT2D eigenvalue weighted by molar-refractivity contribution is -0.113. The molecule has 0 aliphatic rings. The maximum absolute atomic E-state index is 12.2. The van der Waals surface area contributed by atoms with E-state index in [9.17, 15) is 4.79 Å². The third-order valence-electron chi connectivity index (χ3n) is 4.14. The van der Waals surface area contributed by atoms with E-state index >= 15 is 0 Å². The van der Waals surface area contributed by atoms with Gasteiger partial charge in [0.2, 0.25) is 5.91 Å². The number of rotatable bonds is 6.